The van der Waals surface area contributed by atoms with Gasteiger partial charge in [0.05, 0.1) is 11.5 Å². The molecule has 0 aromatic carbocycles. The second-order valence-corrected chi connectivity index (χ2v) is 5.34. The summed E-state index contributed by atoms with van der Waals surface area (Å²) in [5, 5.41) is 10.2. The lowest BCUT2D eigenvalue weighted by molar-refractivity contribution is -0.210. The van der Waals surface area contributed by atoms with Crippen molar-refractivity contribution in [2.24, 2.45) is 17.8 Å². The van der Waals surface area contributed by atoms with E-state index in [0.29, 0.717) is 19.3 Å². The molecule has 4 heteroatoms. The molecule has 2 aliphatic carbocycles. The molecule has 2 saturated carbocycles. The predicted molar refractivity (Wildman–Crippen MR) is 54.9 cm³/mol. The van der Waals surface area contributed by atoms with Gasteiger partial charge < -0.3 is 5.11 Å². The van der Waals surface area contributed by atoms with E-state index in [9.17, 15) is 18.3 Å². The van der Waals surface area contributed by atoms with Crippen LogP contribution in [0.15, 0.2) is 0 Å². The van der Waals surface area contributed by atoms with Crippen LogP contribution in [0.25, 0.3) is 0 Å². The molecular formula is C12H19F3O. The number of rotatable bonds is 2. The Bertz CT molecular complexity index is 263. The van der Waals surface area contributed by atoms with Crippen LogP contribution >= 0.6 is 0 Å². The van der Waals surface area contributed by atoms with Crippen molar-refractivity contribution >= 4 is 0 Å². The Morgan fingerprint density at radius 1 is 1.25 bits per heavy atom. The number of aliphatic hydroxyl groups is 1. The van der Waals surface area contributed by atoms with E-state index in [0.717, 1.165) is 12.8 Å². The van der Waals surface area contributed by atoms with Crippen LogP contribution in [0.5, 0.6) is 0 Å². The van der Waals surface area contributed by atoms with Crippen molar-refractivity contribution in [1.82, 2.24) is 0 Å². The summed E-state index contributed by atoms with van der Waals surface area (Å²) in [6, 6.07) is 0. The monoisotopic (exact) mass is 236 g/mol. The van der Waals surface area contributed by atoms with Crippen molar-refractivity contribution in [3.8, 4) is 0 Å². The molecule has 2 fully saturated rings. The van der Waals surface area contributed by atoms with Crippen molar-refractivity contribution in [2.75, 3.05) is 0 Å². The van der Waals surface area contributed by atoms with Gasteiger partial charge in [0.25, 0.3) is 0 Å². The van der Waals surface area contributed by atoms with Crippen molar-refractivity contribution in [3.05, 3.63) is 0 Å². The van der Waals surface area contributed by atoms with Crippen LogP contribution in [0.2, 0.25) is 0 Å². The second-order valence-electron chi connectivity index (χ2n) is 5.34. The van der Waals surface area contributed by atoms with Gasteiger partial charge in [0, 0.05) is 0 Å². The van der Waals surface area contributed by atoms with Gasteiger partial charge in [-0.2, -0.15) is 13.2 Å². The Morgan fingerprint density at radius 3 is 2.38 bits per heavy atom. The largest absolute Gasteiger partial charge is 0.392 e. The third kappa shape index (κ3) is 1.96. The van der Waals surface area contributed by atoms with E-state index in [2.05, 4.69) is 0 Å². The minimum absolute atomic E-state index is 0.0976. The molecule has 4 unspecified atom stereocenters. The lowest BCUT2D eigenvalue weighted by Crippen LogP contribution is -2.41. The summed E-state index contributed by atoms with van der Waals surface area (Å²) < 4.78 is 38.6. The highest BCUT2D eigenvalue weighted by atomic mass is 19.4. The quantitative estimate of drug-likeness (QED) is 0.777. The molecule has 0 saturated heterocycles. The maximum Gasteiger partial charge on any atom is 0.392 e. The molecule has 2 rings (SSSR count). The lowest BCUT2D eigenvalue weighted by Gasteiger charge is -2.36. The highest BCUT2D eigenvalue weighted by Gasteiger charge is 2.62. The van der Waals surface area contributed by atoms with Gasteiger partial charge in [0.15, 0.2) is 0 Å². The first-order chi connectivity index (χ1) is 7.39. The van der Waals surface area contributed by atoms with Crippen molar-refractivity contribution in [1.29, 1.82) is 0 Å². The van der Waals surface area contributed by atoms with Crippen LogP contribution in [0.1, 0.15) is 45.4 Å². The Labute approximate surface area is 94.0 Å². The first-order valence-corrected chi connectivity index (χ1v) is 6.18. The molecule has 0 heterocycles. The number of halogens is 3. The fraction of sp³-hybridized carbons (Fsp3) is 1.00. The van der Waals surface area contributed by atoms with Crippen LogP contribution in [0.4, 0.5) is 13.2 Å². The third-order valence-electron chi connectivity index (χ3n) is 4.44. The van der Waals surface area contributed by atoms with Crippen LogP contribution in [0, 0.1) is 17.8 Å². The van der Waals surface area contributed by atoms with Crippen molar-refractivity contribution in [3.63, 3.8) is 0 Å². The molecule has 0 aromatic heterocycles. The lowest BCUT2D eigenvalue weighted by atomic mass is 9.73. The fourth-order valence-electron chi connectivity index (χ4n) is 3.41. The normalized spacial score (nSPS) is 44.4. The maximum absolute atomic E-state index is 12.9. The van der Waals surface area contributed by atoms with Crippen molar-refractivity contribution in [2.45, 2.75) is 57.2 Å². The molecule has 0 radical (unpaired) electrons. The number of hydrogen-bond donors (Lipinski definition) is 1. The molecule has 0 spiro atoms. The molecule has 0 amide bonds. The Balaban J connectivity index is 2.12. The Hall–Kier alpha value is -0.250. The summed E-state index contributed by atoms with van der Waals surface area (Å²) in [5.74, 6) is -1.73. The molecule has 0 aliphatic heterocycles. The number of alkyl halides is 3. The van der Waals surface area contributed by atoms with E-state index in [4.69, 9.17) is 0 Å². The molecule has 94 valence electrons. The molecule has 2 aliphatic rings. The topological polar surface area (TPSA) is 20.2 Å². The minimum atomic E-state index is -4.14. The highest BCUT2D eigenvalue weighted by molar-refractivity contribution is 5.09. The van der Waals surface area contributed by atoms with Gasteiger partial charge in [-0.15, -0.1) is 0 Å². The SMILES string of the molecule is CCC1CC1(O)C1CCCCC1C(F)(F)F. The summed E-state index contributed by atoms with van der Waals surface area (Å²) in [6.45, 7) is 1.94. The molecule has 0 aromatic rings. The van der Waals surface area contributed by atoms with E-state index in [1.54, 1.807) is 0 Å². The van der Waals surface area contributed by atoms with Gasteiger partial charge in [-0.05, 0) is 31.1 Å². The molecule has 4 atom stereocenters. The molecule has 1 nitrogen and oxygen atoms in total. The first-order valence-electron chi connectivity index (χ1n) is 6.18. The minimum Gasteiger partial charge on any atom is -0.389 e. The molecule has 1 N–H and O–H groups in total. The molecule has 0 bridgehead atoms. The zero-order chi connectivity index (χ0) is 12.0. The van der Waals surface area contributed by atoms with Crippen LogP contribution in [-0.4, -0.2) is 16.9 Å². The highest BCUT2D eigenvalue weighted by Crippen LogP contribution is 2.58. The van der Waals surface area contributed by atoms with Gasteiger partial charge in [-0.3, -0.25) is 0 Å². The average Bonchev–Trinajstić information content (AvgIpc) is 2.90. The van der Waals surface area contributed by atoms with Gasteiger partial charge in [-0.1, -0.05) is 26.2 Å². The van der Waals surface area contributed by atoms with E-state index < -0.39 is 23.6 Å². The van der Waals surface area contributed by atoms with Gasteiger partial charge in [-0.25, -0.2) is 0 Å². The van der Waals surface area contributed by atoms with Crippen LogP contribution < -0.4 is 0 Å². The third-order valence-corrected chi connectivity index (χ3v) is 4.44. The molecular weight excluding hydrogens is 217 g/mol. The zero-order valence-corrected chi connectivity index (χ0v) is 9.56. The van der Waals surface area contributed by atoms with E-state index in [-0.39, 0.29) is 12.3 Å². The van der Waals surface area contributed by atoms with Gasteiger partial charge in [0.1, 0.15) is 0 Å². The fourth-order valence-corrected chi connectivity index (χ4v) is 3.41. The van der Waals surface area contributed by atoms with Gasteiger partial charge in [0.2, 0.25) is 0 Å². The molecule has 16 heavy (non-hydrogen) atoms. The van der Waals surface area contributed by atoms with E-state index >= 15 is 0 Å². The van der Waals surface area contributed by atoms with Crippen LogP contribution in [-0.2, 0) is 0 Å². The standard InChI is InChI=1S/C12H19F3O/c1-2-8-7-11(8,16)9-5-3-4-6-10(9)12(13,14)15/h8-10,16H,2-7H2,1H3. The van der Waals surface area contributed by atoms with Crippen molar-refractivity contribution < 1.29 is 18.3 Å². The number of hydrogen-bond acceptors (Lipinski definition) is 1. The summed E-state index contributed by atoms with van der Waals surface area (Å²) in [7, 11) is 0. The zero-order valence-electron chi connectivity index (χ0n) is 9.56. The maximum atomic E-state index is 12.9. The summed E-state index contributed by atoms with van der Waals surface area (Å²) in [5.41, 5.74) is -1.00. The Morgan fingerprint density at radius 2 is 1.88 bits per heavy atom. The predicted octanol–water partition coefficient (Wildman–Crippen LogP) is 3.52. The second kappa shape index (κ2) is 3.90. The summed E-state index contributed by atoms with van der Waals surface area (Å²) in [6.07, 6.45) is -0.562. The van der Waals surface area contributed by atoms with Crippen LogP contribution in [0.3, 0.4) is 0 Å². The first kappa shape index (κ1) is 12.2. The van der Waals surface area contributed by atoms with E-state index in [1.807, 2.05) is 6.92 Å². The Kier molecular flexibility index (Phi) is 2.97. The average molecular weight is 236 g/mol. The van der Waals surface area contributed by atoms with Gasteiger partial charge >= 0.3 is 6.18 Å². The smallest absolute Gasteiger partial charge is 0.389 e. The summed E-state index contributed by atoms with van der Waals surface area (Å²) >= 11 is 0. The summed E-state index contributed by atoms with van der Waals surface area (Å²) in [4.78, 5) is 0. The van der Waals surface area contributed by atoms with E-state index in [1.165, 1.54) is 0 Å².